The van der Waals surface area contributed by atoms with E-state index < -0.39 is 10.0 Å². The van der Waals surface area contributed by atoms with Crippen LogP contribution in [0.5, 0.6) is 0 Å². The third kappa shape index (κ3) is 3.92. The first-order valence-electron chi connectivity index (χ1n) is 9.07. The SMILES string of the molecule is O=C(c1ccc2cc[nH]c2c1)N1CCC(NS(=O)(=O)c2ccc(Cl)cc2)CC1. The van der Waals surface area contributed by atoms with Gasteiger partial charge in [0, 0.05) is 41.4 Å². The van der Waals surface area contributed by atoms with Crippen molar-refractivity contribution in [2.24, 2.45) is 0 Å². The molecular weight excluding hydrogens is 398 g/mol. The minimum absolute atomic E-state index is 0.0319. The molecule has 146 valence electrons. The second-order valence-corrected chi connectivity index (χ2v) is 9.07. The number of nitrogens with one attached hydrogen (secondary N) is 2. The normalized spacial score (nSPS) is 15.8. The van der Waals surface area contributed by atoms with E-state index in [1.165, 1.54) is 12.1 Å². The lowest BCUT2D eigenvalue weighted by Gasteiger charge is -2.32. The fourth-order valence-corrected chi connectivity index (χ4v) is 4.90. The number of aromatic amines is 1. The third-order valence-electron chi connectivity index (χ3n) is 5.03. The van der Waals surface area contributed by atoms with Gasteiger partial charge in [-0.3, -0.25) is 4.79 Å². The monoisotopic (exact) mass is 417 g/mol. The van der Waals surface area contributed by atoms with E-state index in [1.54, 1.807) is 17.0 Å². The van der Waals surface area contributed by atoms with Crippen molar-refractivity contribution in [3.05, 3.63) is 65.3 Å². The van der Waals surface area contributed by atoms with Gasteiger partial charge in [-0.25, -0.2) is 13.1 Å². The predicted octanol–water partition coefficient (Wildman–Crippen LogP) is 3.40. The van der Waals surface area contributed by atoms with Crippen LogP contribution in [0.2, 0.25) is 5.02 Å². The summed E-state index contributed by atoms with van der Waals surface area (Å²) in [6.45, 7) is 1.02. The molecular formula is C20H20ClN3O3S. The minimum Gasteiger partial charge on any atom is -0.361 e. The van der Waals surface area contributed by atoms with Gasteiger partial charge in [0.05, 0.1) is 4.90 Å². The van der Waals surface area contributed by atoms with Crippen LogP contribution in [0.1, 0.15) is 23.2 Å². The molecule has 2 aromatic carbocycles. The van der Waals surface area contributed by atoms with Crippen molar-refractivity contribution in [3.63, 3.8) is 0 Å². The lowest BCUT2D eigenvalue weighted by atomic mass is 10.0. The smallest absolute Gasteiger partial charge is 0.253 e. The molecule has 0 radical (unpaired) electrons. The zero-order chi connectivity index (χ0) is 19.7. The Morgan fingerprint density at radius 3 is 2.50 bits per heavy atom. The van der Waals surface area contributed by atoms with Gasteiger partial charge in [0.2, 0.25) is 10.0 Å². The fraction of sp³-hybridized carbons (Fsp3) is 0.250. The van der Waals surface area contributed by atoms with E-state index in [0.717, 1.165) is 10.9 Å². The zero-order valence-corrected chi connectivity index (χ0v) is 16.6. The Morgan fingerprint density at radius 1 is 1.07 bits per heavy atom. The summed E-state index contributed by atoms with van der Waals surface area (Å²) >= 11 is 5.82. The summed E-state index contributed by atoms with van der Waals surface area (Å²) in [4.78, 5) is 17.8. The first-order chi connectivity index (χ1) is 13.4. The summed E-state index contributed by atoms with van der Waals surface area (Å²) < 4.78 is 27.8. The topological polar surface area (TPSA) is 82.3 Å². The van der Waals surface area contributed by atoms with Crippen molar-refractivity contribution in [2.75, 3.05) is 13.1 Å². The van der Waals surface area contributed by atoms with E-state index in [1.807, 2.05) is 30.5 Å². The van der Waals surface area contributed by atoms with Crippen LogP contribution in [-0.2, 0) is 10.0 Å². The van der Waals surface area contributed by atoms with Crippen LogP contribution in [0, 0.1) is 0 Å². The Labute approximate surface area is 168 Å². The fourth-order valence-electron chi connectivity index (χ4n) is 3.47. The molecule has 4 rings (SSSR count). The van der Waals surface area contributed by atoms with Crippen molar-refractivity contribution < 1.29 is 13.2 Å². The van der Waals surface area contributed by atoms with Crippen LogP contribution in [0.4, 0.5) is 0 Å². The van der Waals surface area contributed by atoms with E-state index in [2.05, 4.69) is 9.71 Å². The van der Waals surface area contributed by atoms with Gasteiger partial charge in [-0.05, 0) is 60.7 Å². The van der Waals surface area contributed by atoms with Gasteiger partial charge in [0.15, 0.2) is 0 Å². The van der Waals surface area contributed by atoms with E-state index in [4.69, 9.17) is 11.6 Å². The molecule has 8 heteroatoms. The number of hydrogen-bond donors (Lipinski definition) is 2. The number of carbonyl (C=O) groups excluding carboxylic acids is 1. The van der Waals surface area contributed by atoms with Crippen molar-refractivity contribution >= 4 is 38.4 Å². The quantitative estimate of drug-likeness (QED) is 0.682. The third-order valence-corrected chi connectivity index (χ3v) is 6.82. The van der Waals surface area contributed by atoms with E-state index in [0.29, 0.717) is 36.5 Å². The van der Waals surface area contributed by atoms with Gasteiger partial charge in [0.1, 0.15) is 0 Å². The molecule has 1 aliphatic rings. The molecule has 28 heavy (non-hydrogen) atoms. The molecule has 0 saturated carbocycles. The highest BCUT2D eigenvalue weighted by molar-refractivity contribution is 7.89. The number of piperidine rings is 1. The number of amides is 1. The van der Waals surface area contributed by atoms with E-state index in [-0.39, 0.29) is 16.8 Å². The number of likely N-dealkylation sites (tertiary alicyclic amines) is 1. The Hall–Kier alpha value is -2.35. The van der Waals surface area contributed by atoms with Crippen LogP contribution in [0.15, 0.2) is 59.6 Å². The maximum atomic E-state index is 12.8. The number of aromatic nitrogens is 1. The molecule has 0 bridgehead atoms. The highest BCUT2D eigenvalue weighted by Crippen LogP contribution is 2.20. The summed E-state index contributed by atoms with van der Waals surface area (Å²) in [6.07, 6.45) is 2.99. The highest BCUT2D eigenvalue weighted by Gasteiger charge is 2.27. The maximum absolute atomic E-state index is 12.8. The maximum Gasteiger partial charge on any atom is 0.253 e. The van der Waals surface area contributed by atoms with E-state index in [9.17, 15) is 13.2 Å². The van der Waals surface area contributed by atoms with Crippen molar-refractivity contribution in [1.82, 2.24) is 14.6 Å². The number of nitrogens with zero attached hydrogens (tertiary/aromatic N) is 1. The summed E-state index contributed by atoms with van der Waals surface area (Å²) in [5, 5.41) is 1.55. The Balaban J connectivity index is 1.38. The van der Waals surface area contributed by atoms with Crippen molar-refractivity contribution in [1.29, 1.82) is 0 Å². The van der Waals surface area contributed by atoms with Crippen LogP contribution in [-0.4, -0.2) is 43.3 Å². The van der Waals surface area contributed by atoms with Gasteiger partial charge in [-0.1, -0.05) is 17.7 Å². The molecule has 2 heterocycles. The number of sulfonamides is 1. The molecule has 0 aliphatic carbocycles. The average molecular weight is 418 g/mol. The highest BCUT2D eigenvalue weighted by atomic mass is 35.5. The van der Waals surface area contributed by atoms with Crippen LogP contribution in [0.3, 0.4) is 0 Å². The molecule has 1 saturated heterocycles. The largest absolute Gasteiger partial charge is 0.361 e. The van der Waals surface area contributed by atoms with Gasteiger partial charge >= 0.3 is 0 Å². The molecule has 3 aromatic rings. The molecule has 0 unspecified atom stereocenters. The van der Waals surface area contributed by atoms with Crippen molar-refractivity contribution in [3.8, 4) is 0 Å². The molecule has 1 aliphatic heterocycles. The van der Waals surface area contributed by atoms with Gasteiger partial charge in [-0.15, -0.1) is 0 Å². The molecule has 1 aromatic heterocycles. The summed E-state index contributed by atoms with van der Waals surface area (Å²) in [5.74, 6) is -0.0319. The molecule has 1 fully saturated rings. The summed E-state index contributed by atoms with van der Waals surface area (Å²) in [6, 6.07) is 13.4. The summed E-state index contributed by atoms with van der Waals surface area (Å²) in [5.41, 5.74) is 1.56. The average Bonchev–Trinajstić information content (AvgIpc) is 3.16. The van der Waals surface area contributed by atoms with Crippen LogP contribution in [0.25, 0.3) is 10.9 Å². The summed E-state index contributed by atoms with van der Waals surface area (Å²) in [7, 11) is -3.60. The predicted molar refractivity (Wildman–Crippen MR) is 109 cm³/mol. The number of carbonyl (C=O) groups is 1. The molecule has 0 atom stereocenters. The van der Waals surface area contributed by atoms with Gasteiger partial charge in [-0.2, -0.15) is 0 Å². The number of halogens is 1. The lowest BCUT2D eigenvalue weighted by Crippen LogP contribution is -2.46. The standard InChI is InChI=1S/C20H20ClN3O3S/c21-16-3-5-18(6-4-16)28(26,27)23-17-8-11-24(12-9-17)20(25)15-2-1-14-7-10-22-19(14)13-15/h1-7,10,13,17,22-23H,8-9,11-12H2. The number of hydrogen-bond acceptors (Lipinski definition) is 3. The second kappa shape index (κ2) is 7.58. The number of rotatable bonds is 4. The lowest BCUT2D eigenvalue weighted by molar-refractivity contribution is 0.0711. The molecule has 2 N–H and O–H groups in total. The first kappa shape index (κ1) is 19.0. The molecule has 1 amide bonds. The molecule has 0 spiro atoms. The van der Waals surface area contributed by atoms with Gasteiger partial charge in [0.25, 0.3) is 5.91 Å². The van der Waals surface area contributed by atoms with Crippen molar-refractivity contribution in [2.45, 2.75) is 23.8 Å². The second-order valence-electron chi connectivity index (χ2n) is 6.92. The Kier molecular flexibility index (Phi) is 5.14. The van der Waals surface area contributed by atoms with E-state index >= 15 is 0 Å². The molecule has 6 nitrogen and oxygen atoms in total. The van der Waals surface area contributed by atoms with Gasteiger partial charge < -0.3 is 9.88 Å². The minimum atomic E-state index is -3.60. The number of fused-ring (bicyclic) bond motifs is 1. The number of benzene rings is 2. The van der Waals surface area contributed by atoms with Crippen LogP contribution >= 0.6 is 11.6 Å². The number of H-pyrrole nitrogens is 1. The zero-order valence-electron chi connectivity index (χ0n) is 15.1. The first-order valence-corrected chi connectivity index (χ1v) is 10.9. The Bertz CT molecular complexity index is 1100. The van der Waals surface area contributed by atoms with Crippen LogP contribution < -0.4 is 4.72 Å². The Morgan fingerprint density at radius 2 is 1.79 bits per heavy atom.